The largest absolute Gasteiger partial charge is 0.394 e. The smallest absolute Gasteiger partial charge is 0.251 e. The quantitative estimate of drug-likeness (QED) is 0.258. The highest BCUT2D eigenvalue weighted by molar-refractivity contribution is 5.99. The molecule has 11 nitrogen and oxygen atoms in total. The first kappa shape index (κ1) is 25.5. The lowest BCUT2D eigenvalue weighted by atomic mass is 10.1. The van der Waals surface area contributed by atoms with Crippen molar-refractivity contribution in [2.45, 2.75) is 44.9 Å². The number of aryl methyl sites for hydroxylation is 1. The number of amides is 1. The van der Waals surface area contributed by atoms with Gasteiger partial charge < -0.3 is 25.6 Å². The zero-order valence-corrected chi connectivity index (χ0v) is 20.9. The van der Waals surface area contributed by atoms with E-state index in [1.54, 1.807) is 22.8 Å². The number of aliphatic hydroxyl groups is 2. The lowest BCUT2D eigenvalue weighted by Gasteiger charge is -2.23. The van der Waals surface area contributed by atoms with Crippen LogP contribution < -0.4 is 10.6 Å². The minimum absolute atomic E-state index is 0.168. The number of hydrogen-bond donors (Lipinski definition) is 4. The summed E-state index contributed by atoms with van der Waals surface area (Å²) in [5.74, 6) is -0.140. The number of aliphatic hydroxyl groups excluding tert-OH is 2. The molecule has 5 rings (SSSR count). The van der Waals surface area contributed by atoms with Gasteiger partial charge in [0, 0.05) is 17.7 Å². The van der Waals surface area contributed by atoms with E-state index in [1.165, 1.54) is 25.6 Å². The lowest BCUT2D eigenvalue weighted by molar-refractivity contribution is -0.0440. The first-order chi connectivity index (χ1) is 18.4. The molecule has 1 fully saturated rings. The Hall–Kier alpha value is -4.19. The molecule has 1 aliphatic rings. The maximum absolute atomic E-state index is 13.1. The molecule has 1 amide bonds. The second kappa shape index (κ2) is 10.7. The van der Waals surface area contributed by atoms with E-state index in [9.17, 15) is 19.8 Å². The molecule has 2 aromatic carbocycles. The maximum atomic E-state index is 13.1. The van der Waals surface area contributed by atoms with Crippen LogP contribution in [0.4, 0.5) is 5.82 Å². The van der Waals surface area contributed by atoms with E-state index in [4.69, 9.17) is 4.74 Å². The minimum Gasteiger partial charge on any atom is -0.394 e. The number of rotatable bonds is 8. The Kier molecular flexibility index (Phi) is 7.14. The third-order valence-corrected chi connectivity index (χ3v) is 6.72. The van der Waals surface area contributed by atoms with Gasteiger partial charge in [-0.2, -0.15) is 0 Å². The minimum atomic E-state index is -1.21. The van der Waals surface area contributed by atoms with Crippen molar-refractivity contribution >= 4 is 28.7 Å². The van der Waals surface area contributed by atoms with Crippen molar-refractivity contribution in [3.05, 3.63) is 83.4 Å². The van der Waals surface area contributed by atoms with Crippen LogP contribution in [0.5, 0.6) is 0 Å². The monoisotopic (exact) mass is 516 g/mol. The lowest BCUT2D eigenvalue weighted by Crippen LogP contribution is -2.46. The number of aromatic nitrogens is 4. The van der Waals surface area contributed by atoms with Crippen molar-refractivity contribution in [3.63, 3.8) is 0 Å². The van der Waals surface area contributed by atoms with Crippen LogP contribution in [0.1, 0.15) is 45.0 Å². The molecule has 0 spiro atoms. The van der Waals surface area contributed by atoms with Gasteiger partial charge in [-0.25, -0.2) is 15.0 Å². The molecule has 2 aromatic heterocycles. The van der Waals surface area contributed by atoms with E-state index >= 15 is 0 Å². The van der Waals surface area contributed by atoms with Crippen LogP contribution in [-0.2, 0) is 11.3 Å². The molecule has 3 heterocycles. The van der Waals surface area contributed by atoms with Crippen molar-refractivity contribution in [2.75, 3.05) is 11.9 Å². The molecule has 0 saturated carbocycles. The molecule has 0 unspecified atom stereocenters. The number of ether oxygens (including phenoxy) is 1. The number of hydrogen-bond acceptors (Lipinski definition) is 9. The number of nitrogens with zero attached hydrogens (tertiary/aromatic N) is 4. The van der Waals surface area contributed by atoms with Crippen LogP contribution in [0.15, 0.2) is 61.2 Å². The fourth-order valence-corrected chi connectivity index (χ4v) is 4.56. The number of imidazole rings is 1. The van der Waals surface area contributed by atoms with Crippen LogP contribution in [0.3, 0.4) is 0 Å². The van der Waals surface area contributed by atoms with Gasteiger partial charge >= 0.3 is 0 Å². The molecule has 196 valence electrons. The van der Waals surface area contributed by atoms with E-state index in [1.807, 2.05) is 31.2 Å². The summed E-state index contributed by atoms with van der Waals surface area (Å²) in [5.41, 5.74) is 3.84. The highest BCUT2D eigenvalue weighted by atomic mass is 16.5. The third-order valence-electron chi connectivity index (χ3n) is 6.72. The highest BCUT2D eigenvalue weighted by Crippen LogP contribution is 2.32. The number of benzene rings is 2. The second-order valence-corrected chi connectivity index (χ2v) is 9.20. The van der Waals surface area contributed by atoms with Gasteiger partial charge in [-0.1, -0.05) is 36.4 Å². The fraction of sp³-hybridized carbons (Fsp3) is 0.296. The molecule has 0 radical (unpaired) electrons. The molecule has 0 aliphatic carbocycles. The van der Waals surface area contributed by atoms with Crippen molar-refractivity contribution in [2.24, 2.45) is 0 Å². The topological polar surface area (TPSA) is 151 Å². The third kappa shape index (κ3) is 4.86. The predicted octanol–water partition coefficient (Wildman–Crippen LogP) is 2.00. The maximum Gasteiger partial charge on any atom is 0.251 e. The fourth-order valence-electron chi connectivity index (χ4n) is 4.56. The van der Waals surface area contributed by atoms with Crippen LogP contribution in [0.2, 0.25) is 0 Å². The Labute approximate surface area is 218 Å². The van der Waals surface area contributed by atoms with Crippen LogP contribution in [0, 0.1) is 6.92 Å². The number of carbonyl (C=O) groups is 2. The molecule has 0 bridgehead atoms. The van der Waals surface area contributed by atoms with E-state index in [0.29, 0.717) is 29.1 Å². The van der Waals surface area contributed by atoms with Gasteiger partial charge in [-0.15, -0.1) is 0 Å². The SMILES string of the molecule is CC(=O)c1cccc(C(=O)N[C@@H]2[C@H](O)[C@@H](CO)O[C@H]2n2cnc3c(NCc4ccccc4C)ncnc32)c1. The number of anilines is 1. The summed E-state index contributed by atoms with van der Waals surface area (Å²) in [4.78, 5) is 38.0. The number of fused-ring (bicyclic) bond motifs is 1. The summed E-state index contributed by atoms with van der Waals surface area (Å²) in [6.45, 7) is 3.54. The molecule has 1 aliphatic heterocycles. The Balaban J connectivity index is 1.42. The molecular formula is C27H28N6O5. The van der Waals surface area contributed by atoms with Gasteiger partial charge in [0.1, 0.15) is 24.6 Å². The summed E-state index contributed by atoms with van der Waals surface area (Å²) in [6.07, 6.45) is -0.151. The summed E-state index contributed by atoms with van der Waals surface area (Å²) >= 11 is 0. The normalized spacial score (nSPS) is 20.9. The van der Waals surface area contributed by atoms with E-state index in [2.05, 4.69) is 25.6 Å². The molecule has 4 aromatic rings. The molecule has 11 heteroatoms. The predicted molar refractivity (Wildman–Crippen MR) is 139 cm³/mol. The summed E-state index contributed by atoms with van der Waals surface area (Å²) in [6, 6.07) is 13.4. The number of ketones is 1. The van der Waals surface area contributed by atoms with Crippen LogP contribution >= 0.6 is 0 Å². The first-order valence-electron chi connectivity index (χ1n) is 12.2. The van der Waals surface area contributed by atoms with Crippen molar-refractivity contribution in [3.8, 4) is 0 Å². The van der Waals surface area contributed by atoms with Gasteiger partial charge in [-0.05, 0) is 37.1 Å². The summed E-state index contributed by atoms with van der Waals surface area (Å²) < 4.78 is 7.55. The van der Waals surface area contributed by atoms with Crippen molar-refractivity contribution in [1.82, 2.24) is 24.8 Å². The molecule has 4 N–H and O–H groups in total. The van der Waals surface area contributed by atoms with E-state index in [0.717, 1.165) is 11.1 Å². The van der Waals surface area contributed by atoms with Crippen molar-refractivity contribution in [1.29, 1.82) is 0 Å². The number of Topliss-reactive ketones (excluding diaryl/α,β-unsaturated/α-hetero) is 1. The average Bonchev–Trinajstić information content (AvgIpc) is 3.49. The van der Waals surface area contributed by atoms with Gasteiger partial charge in [0.25, 0.3) is 5.91 Å². The molecular weight excluding hydrogens is 488 g/mol. The van der Waals surface area contributed by atoms with Gasteiger partial charge in [0.05, 0.1) is 12.9 Å². The van der Waals surface area contributed by atoms with Crippen LogP contribution in [0.25, 0.3) is 11.2 Å². The first-order valence-corrected chi connectivity index (χ1v) is 12.2. The van der Waals surface area contributed by atoms with Gasteiger partial charge in [0.15, 0.2) is 29.0 Å². The standard InChI is InChI=1S/C27H28N6O5/c1-15-6-3-4-7-19(15)11-28-24-22-25(30-13-29-24)33(14-31-22)27-21(23(36)20(12-34)38-27)32-26(37)18-9-5-8-17(10-18)16(2)35/h3-10,13-14,20-21,23,27,34,36H,11-12H2,1-2H3,(H,32,37)(H,28,29,30)/t20-,21-,23-,27-/m1/s1. The molecule has 4 atom stereocenters. The highest BCUT2D eigenvalue weighted by Gasteiger charge is 2.46. The average molecular weight is 517 g/mol. The summed E-state index contributed by atoms with van der Waals surface area (Å²) in [7, 11) is 0. The van der Waals surface area contributed by atoms with E-state index in [-0.39, 0.29) is 11.3 Å². The van der Waals surface area contributed by atoms with Crippen LogP contribution in [-0.4, -0.2) is 66.3 Å². The Morgan fingerprint density at radius 3 is 2.63 bits per heavy atom. The zero-order chi connectivity index (χ0) is 26.8. The van der Waals surface area contributed by atoms with Gasteiger partial charge in [-0.3, -0.25) is 14.2 Å². The Morgan fingerprint density at radius 1 is 1.08 bits per heavy atom. The zero-order valence-electron chi connectivity index (χ0n) is 20.9. The Bertz CT molecular complexity index is 1490. The molecule has 1 saturated heterocycles. The Morgan fingerprint density at radius 2 is 1.87 bits per heavy atom. The number of nitrogens with one attached hydrogen (secondary N) is 2. The van der Waals surface area contributed by atoms with Gasteiger partial charge in [0.2, 0.25) is 0 Å². The van der Waals surface area contributed by atoms with Crippen molar-refractivity contribution < 1.29 is 24.5 Å². The molecule has 38 heavy (non-hydrogen) atoms. The summed E-state index contributed by atoms with van der Waals surface area (Å²) in [5, 5.41) is 26.8. The second-order valence-electron chi connectivity index (χ2n) is 9.20. The number of carbonyl (C=O) groups excluding carboxylic acids is 2. The van der Waals surface area contributed by atoms with E-state index < -0.39 is 37.0 Å².